The Morgan fingerprint density at radius 3 is 2.94 bits per heavy atom. The number of nitrogens with one attached hydrogen (secondary N) is 1. The van der Waals surface area contributed by atoms with E-state index in [2.05, 4.69) is 31.3 Å². The van der Waals surface area contributed by atoms with Gasteiger partial charge in [-0.2, -0.15) is 0 Å². The molecule has 3 unspecified atom stereocenters. The van der Waals surface area contributed by atoms with Gasteiger partial charge in [0.2, 0.25) is 0 Å². The SMILES string of the molecule is CCNC1CCCC1S(=O)c1cccc(C)c1. The van der Waals surface area contributed by atoms with E-state index >= 15 is 0 Å². The lowest BCUT2D eigenvalue weighted by atomic mass is 10.2. The summed E-state index contributed by atoms with van der Waals surface area (Å²) >= 11 is 0. The van der Waals surface area contributed by atoms with E-state index in [4.69, 9.17) is 0 Å². The quantitative estimate of drug-likeness (QED) is 0.891. The Hall–Kier alpha value is -0.670. The highest BCUT2D eigenvalue weighted by Crippen LogP contribution is 2.27. The minimum atomic E-state index is -0.863. The summed E-state index contributed by atoms with van der Waals surface area (Å²) in [4.78, 5) is 0.986. The molecule has 17 heavy (non-hydrogen) atoms. The highest BCUT2D eigenvalue weighted by molar-refractivity contribution is 7.85. The van der Waals surface area contributed by atoms with Crippen molar-refractivity contribution in [1.82, 2.24) is 5.32 Å². The molecule has 1 aromatic carbocycles. The summed E-state index contributed by atoms with van der Waals surface area (Å²) in [6, 6.07) is 8.53. The van der Waals surface area contributed by atoms with Crippen molar-refractivity contribution >= 4 is 10.8 Å². The standard InChI is InChI=1S/C14H21NOS/c1-3-15-13-8-5-9-14(13)17(16)12-7-4-6-11(2)10-12/h4,6-7,10,13-15H,3,5,8-9H2,1-2H3. The zero-order chi connectivity index (χ0) is 12.3. The van der Waals surface area contributed by atoms with E-state index in [1.165, 1.54) is 12.0 Å². The van der Waals surface area contributed by atoms with Crippen LogP contribution in [-0.2, 0) is 10.8 Å². The Labute approximate surface area is 106 Å². The van der Waals surface area contributed by atoms with Crippen molar-refractivity contribution in [3.05, 3.63) is 29.8 Å². The molecule has 0 spiro atoms. The van der Waals surface area contributed by atoms with Crippen LogP contribution < -0.4 is 5.32 Å². The zero-order valence-electron chi connectivity index (χ0n) is 10.6. The first-order chi connectivity index (χ1) is 8.22. The molecule has 1 aromatic rings. The summed E-state index contributed by atoms with van der Waals surface area (Å²) in [5.41, 5.74) is 1.19. The highest BCUT2D eigenvalue weighted by atomic mass is 32.2. The van der Waals surface area contributed by atoms with Crippen molar-refractivity contribution in [3.8, 4) is 0 Å². The van der Waals surface area contributed by atoms with Crippen LogP contribution in [0.1, 0.15) is 31.7 Å². The lowest BCUT2D eigenvalue weighted by Gasteiger charge is -2.20. The van der Waals surface area contributed by atoms with Crippen LogP contribution in [0.4, 0.5) is 0 Å². The minimum Gasteiger partial charge on any atom is -0.313 e. The van der Waals surface area contributed by atoms with Crippen molar-refractivity contribution in [2.45, 2.75) is 49.3 Å². The van der Waals surface area contributed by atoms with Crippen LogP contribution in [0.15, 0.2) is 29.2 Å². The van der Waals surface area contributed by atoms with Gasteiger partial charge < -0.3 is 5.32 Å². The Morgan fingerprint density at radius 2 is 2.24 bits per heavy atom. The summed E-state index contributed by atoms with van der Waals surface area (Å²) in [7, 11) is -0.863. The summed E-state index contributed by atoms with van der Waals surface area (Å²) in [6.45, 7) is 5.13. The molecule has 94 valence electrons. The van der Waals surface area contributed by atoms with Crippen LogP contribution in [0.2, 0.25) is 0 Å². The summed E-state index contributed by atoms with van der Waals surface area (Å²) in [5.74, 6) is 0. The maximum atomic E-state index is 12.6. The van der Waals surface area contributed by atoms with Crippen LogP contribution >= 0.6 is 0 Å². The van der Waals surface area contributed by atoms with E-state index in [1.54, 1.807) is 0 Å². The van der Waals surface area contributed by atoms with Gasteiger partial charge in [-0.1, -0.05) is 25.5 Å². The topological polar surface area (TPSA) is 29.1 Å². The minimum absolute atomic E-state index is 0.289. The predicted octanol–water partition coefficient (Wildman–Crippen LogP) is 2.63. The lowest BCUT2D eigenvalue weighted by molar-refractivity contribution is 0.541. The molecule has 1 aliphatic carbocycles. The van der Waals surface area contributed by atoms with Gasteiger partial charge in [0.05, 0.1) is 16.0 Å². The number of aryl methyl sites for hydroxylation is 1. The fourth-order valence-electron chi connectivity index (χ4n) is 2.59. The van der Waals surface area contributed by atoms with Gasteiger partial charge >= 0.3 is 0 Å². The fraction of sp³-hybridized carbons (Fsp3) is 0.571. The second-order valence-electron chi connectivity index (χ2n) is 4.75. The van der Waals surface area contributed by atoms with E-state index in [0.717, 1.165) is 24.3 Å². The molecule has 2 rings (SSSR count). The van der Waals surface area contributed by atoms with Crippen molar-refractivity contribution in [2.24, 2.45) is 0 Å². The molecule has 0 aliphatic heterocycles. The van der Waals surface area contributed by atoms with Crippen LogP contribution in [0.3, 0.4) is 0 Å². The number of rotatable bonds is 4. The molecule has 0 radical (unpaired) electrons. The van der Waals surface area contributed by atoms with E-state index in [-0.39, 0.29) is 5.25 Å². The fourth-order valence-corrected chi connectivity index (χ4v) is 4.37. The molecule has 0 bridgehead atoms. The van der Waals surface area contributed by atoms with Crippen LogP contribution in [0.25, 0.3) is 0 Å². The summed E-state index contributed by atoms with van der Waals surface area (Å²) < 4.78 is 12.6. The normalized spacial score (nSPS) is 26.0. The average Bonchev–Trinajstić information content (AvgIpc) is 2.77. The molecule has 0 heterocycles. The molecule has 3 heteroatoms. The molecule has 1 saturated carbocycles. The first-order valence-corrected chi connectivity index (χ1v) is 7.64. The van der Waals surface area contributed by atoms with Gasteiger partial charge in [-0.15, -0.1) is 0 Å². The largest absolute Gasteiger partial charge is 0.313 e. The van der Waals surface area contributed by atoms with Gasteiger partial charge in [-0.05, 0) is 44.0 Å². The Balaban J connectivity index is 2.14. The Kier molecular flexibility index (Phi) is 4.35. The number of benzene rings is 1. The van der Waals surface area contributed by atoms with E-state index in [1.807, 2.05) is 12.1 Å². The average molecular weight is 251 g/mol. The van der Waals surface area contributed by atoms with Gasteiger partial charge in [-0.25, -0.2) is 0 Å². The van der Waals surface area contributed by atoms with Crippen LogP contribution in [0.5, 0.6) is 0 Å². The van der Waals surface area contributed by atoms with E-state index in [9.17, 15) is 4.21 Å². The third-order valence-electron chi connectivity index (χ3n) is 3.42. The van der Waals surface area contributed by atoms with Crippen molar-refractivity contribution in [1.29, 1.82) is 0 Å². The van der Waals surface area contributed by atoms with Gasteiger partial charge in [-0.3, -0.25) is 4.21 Å². The first-order valence-electron chi connectivity index (χ1n) is 6.43. The molecular formula is C14H21NOS. The van der Waals surface area contributed by atoms with E-state index < -0.39 is 10.8 Å². The zero-order valence-corrected chi connectivity index (χ0v) is 11.4. The molecule has 0 aromatic heterocycles. The van der Waals surface area contributed by atoms with Crippen molar-refractivity contribution in [2.75, 3.05) is 6.54 Å². The summed E-state index contributed by atoms with van der Waals surface area (Å²) in [5, 5.41) is 3.76. The predicted molar refractivity (Wildman–Crippen MR) is 72.7 cm³/mol. The molecule has 2 nitrogen and oxygen atoms in total. The number of hydrogen-bond acceptors (Lipinski definition) is 2. The van der Waals surface area contributed by atoms with Crippen molar-refractivity contribution < 1.29 is 4.21 Å². The van der Waals surface area contributed by atoms with Crippen LogP contribution in [-0.4, -0.2) is 22.0 Å². The van der Waals surface area contributed by atoms with Gasteiger partial charge in [0.15, 0.2) is 0 Å². The summed E-state index contributed by atoms with van der Waals surface area (Å²) in [6.07, 6.45) is 3.44. The Bertz CT molecular complexity index is 405. The van der Waals surface area contributed by atoms with E-state index in [0.29, 0.717) is 6.04 Å². The monoisotopic (exact) mass is 251 g/mol. The third kappa shape index (κ3) is 2.96. The molecule has 0 amide bonds. The second kappa shape index (κ2) is 5.78. The molecule has 0 saturated heterocycles. The van der Waals surface area contributed by atoms with Gasteiger partial charge in [0.1, 0.15) is 0 Å². The molecule has 1 aliphatic rings. The molecule has 1 N–H and O–H groups in total. The molecule has 3 atom stereocenters. The second-order valence-corrected chi connectivity index (χ2v) is 6.42. The van der Waals surface area contributed by atoms with Crippen LogP contribution in [0, 0.1) is 6.92 Å². The number of hydrogen-bond donors (Lipinski definition) is 1. The van der Waals surface area contributed by atoms with Gasteiger partial charge in [0, 0.05) is 10.9 Å². The smallest absolute Gasteiger partial charge is 0.0576 e. The first kappa shape index (κ1) is 12.8. The molecular weight excluding hydrogens is 230 g/mol. The Morgan fingerprint density at radius 1 is 1.41 bits per heavy atom. The molecule has 1 fully saturated rings. The van der Waals surface area contributed by atoms with Crippen molar-refractivity contribution in [3.63, 3.8) is 0 Å². The third-order valence-corrected chi connectivity index (χ3v) is 5.25. The lowest BCUT2D eigenvalue weighted by Crippen LogP contribution is -2.37. The maximum absolute atomic E-state index is 12.6. The maximum Gasteiger partial charge on any atom is 0.0576 e. The highest BCUT2D eigenvalue weighted by Gasteiger charge is 2.31. The van der Waals surface area contributed by atoms with Gasteiger partial charge in [0.25, 0.3) is 0 Å².